The second-order valence-corrected chi connectivity index (χ2v) is 5.75. The Balaban J connectivity index is 2.01. The molecule has 1 saturated heterocycles. The molecule has 1 aliphatic rings. The number of piperidine rings is 1. The van der Waals surface area contributed by atoms with E-state index in [4.69, 9.17) is 10.5 Å². The van der Waals surface area contributed by atoms with Gasteiger partial charge in [0, 0.05) is 12.8 Å². The maximum atomic E-state index is 12.6. The topological polar surface area (TPSA) is 105 Å². The Morgan fingerprint density at radius 2 is 1.87 bits per heavy atom. The van der Waals surface area contributed by atoms with Crippen molar-refractivity contribution in [3.63, 3.8) is 0 Å². The van der Waals surface area contributed by atoms with Crippen molar-refractivity contribution in [1.29, 1.82) is 0 Å². The van der Waals surface area contributed by atoms with Gasteiger partial charge < -0.3 is 26.4 Å². The van der Waals surface area contributed by atoms with Crippen LogP contribution in [0.5, 0.6) is 0 Å². The molecule has 1 aromatic carbocycles. The quantitative estimate of drug-likeness (QED) is 0.652. The highest BCUT2D eigenvalue weighted by molar-refractivity contribution is 5.88. The smallest absolute Gasteiger partial charge is 0.316 e. The first-order valence-electron chi connectivity index (χ1n) is 7.70. The summed E-state index contributed by atoms with van der Waals surface area (Å²) < 4.78 is 5.53. The van der Waals surface area contributed by atoms with Crippen molar-refractivity contribution in [1.82, 2.24) is 10.6 Å². The monoisotopic (exact) mass is 320 g/mol. The third kappa shape index (κ3) is 4.20. The van der Waals surface area contributed by atoms with Crippen molar-refractivity contribution >= 4 is 17.6 Å². The van der Waals surface area contributed by atoms with Crippen LogP contribution in [-0.4, -0.2) is 37.7 Å². The maximum Gasteiger partial charge on any atom is 0.316 e. The van der Waals surface area contributed by atoms with Crippen LogP contribution in [0, 0.1) is 0 Å². The van der Waals surface area contributed by atoms with E-state index >= 15 is 0 Å². The third-order valence-corrected chi connectivity index (χ3v) is 4.24. The number of carbonyl (C=O) groups excluding carboxylic acids is 2. The Morgan fingerprint density at radius 3 is 2.39 bits per heavy atom. The van der Waals surface area contributed by atoms with E-state index in [2.05, 4.69) is 16.0 Å². The largest absolute Gasteiger partial charge is 0.368 e. The van der Waals surface area contributed by atoms with Crippen LogP contribution in [0.3, 0.4) is 0 Å². The van der Waals surface area contributed by atoms with Crippen LogP contribution in [0.1, 0.15) is 31.4 Å². The van der Waals surface area contributed by atoms with Gasteiger partial charge in [0.15, 0.2) is 0 Å². The predicted octanol–water partition coefficient (Wildman–Crippen LogP) is 1.12. The number of anilines is 1. The lowest BCUT2D eigenvalue weighted by molar-refractivity contribution is -0.147. The van der Waals surface area contributed by atoms with Crippen molar-refractivity contribution in [3.8, 4) is 0 Å². The fourth-order valence-electron chi connectivity index (χ4n) is 2.76. The van der Waals surface area contributed by atoms with Crippen LogP contribution in [0.15, 0.2) is 24.3 Å². The number of nitrogens with one attached hydrogen (secondary N) is 3. The third-order valence-electron chi connectivity index (χ3n) is 4.24. The summed E-state index contributed by atoms with van der Waals surface area (Å²) in [7, 11) is 1.58. The molecule has 0 aliphatic carbocycles. The van der Waals surface area contributed by atoms with Gasteiger partial charge >= 0.3 is 6.03 Å². The fourth-order valence-corrected chi connectivity index (χ4v) is 2.76. The maximum absolute atomic E-state index is 12.6. The van der Waals surface area contributed by atoms with Crippen molar-refractivity contribution in [3.05, 3.63) is 29.8 Å². The van der Waals surface area contributed by atoms with Gasteiger partial charge in [-0.2, -0.15) is 0 Å². The highest BCUT2D eigenvalue weighted by Crippen LogP contribution is 2.24. The minimum Gasteiger partial charge on any atom is -0.368 e. The first kappa shape index (κ1) is 17.2. The molecule has 1 aliphatic heterocycles. The van der Waals surface area contributed by atoms with Gasteiger partial charge in [0.2, 0.25) is 0 Å². The number of hydrogen-bond acceptors (Lipinski definition) is 4. The van der Waals surface area contributed by atoms with Gasteiger partial charge in [0.05, 0.1) is 6.04 Å². The van der Waals surface area contributed by atoms with Crippen LogP contribution in [0.2, 0.25) is 0 Å². The minimum absolute atomic E-state index is 0.0895. The summed E-state index contributed by atoms with van der Waals surface area (Å²) in [5.74, 6) is -0.0895. The van der Waals surface area contributed by atoms with Gasteiger partial charge in [-0.25, -0.2) is 4.79 Å². The highest BCUT2D eigenvalue weighted by Gasteiger charge is 2.40. The zero-order valence-corrected chi connectivity index (χ0v) is 13.5. The van der Waals surface area contributed by atoms with Gasteiger partial charge in [-0.15, -0.1) is 0 Å². The van der Waals surface area contributed by atoms with Crippen molar-refractivity contribution in [2.75, 3.05) is 25.5 Å². The SMILES string of the molecule is COC1(C(=O)NC(C)c2ccc(NC(N)=O)cc2)CCNCC1. The summed E-state index contributed by atoms with van der Waals surface area (Å²) in [6.07, 6.45) is 1.31. The number of methoxy groups -OCH3 is 1. The molecule has 3 amide bonds. The lowest BCUT2D eigenvalue weighted by Gasteiger charge is -2.35. The van der Waals surface area contributed by atoms with E-state index < -0.39 is 11.6 Å². The Bertz CT molecular complexity index is 553. The van der Waals surface area contributed by atoms with E-state index in [9.17, 15) is 9.59 Å². The van der Waals surface area contributed by atoms with Crippen LogP contribution < -0.4 is 21.7 Å². The molecule has 2 rings (SSSR count). The van der Waals surface area contributed by atoms with E-state index in [0.29, 0.717) is 18.5 Å². The van der Waals surface area contributed by atoms with Gasteiger partial charge in [-0.05, 0) is 50.6 Å². The summed E-state index contributed by atoms with van der Waals surface area (Å²) in [5, 5.41) is 8.75. The molecule has 0 saturated carbocycles. The summed E-state index contributed by atoms with van der Waals surface area (Å²) in [4.78, 5) is 23.4. The summed E-state index contributed by atoms with van der Waals surface area (Å²) in [6, 6.07) is 6.42. The molecular formula is C16H24N4O3. The minimum atomic E-state index is -0.757. The standard InChI is InChI=1S/C16H24N4O3/c1-11(12-3-5-13(6-4-12)20-15(17)22)19-14(21)16(23-2)7-9-18-10-8-16/h3-6,11,18H,7-10H2,1-2H3,(H,19,21)(H3,17,20,22). The molecule has 0 radical (unpaired) electrons. The molecule has 7 nitrogen and oxygen atoms in total. The number of rotatable bonds is 5. The Morgan fingerprint density at radius 1 is 1.26 bits per heavy atom. The fraction of sp³-hybridized carbons (Fsp3) is 0.500. The number of nitrogens with two attached hydrogens (primary N) is 1. The molecule has 5 N–H and O–H groups in total. The van der Waals surface area contributed by atoms with E-state index in [1.165, 1.54) is 0 Å². The van der Waals surface area contributed by atoms with Crippen molar-refractivity contribution in [2.24, 2.45) is 5.73 Å². The van der Waals surface area contributed by atoms with Gasteiger partial charge in [-0.1, -0.05) is 12.1 Å². The van der Waals surface area contributed by atoms with Crippen LogP contribution in [0.4, 0.5) is 10.5 Å². The lowest BCUT2D eigenvalue weighted by atomic mass is 9.90. The first-order chi connectivity index (χ1) is 11.0. The van der Waals surface area contributed by atoms with E-state index in [-0.39, 0.29) is 11.9 Å². The first-order valence-corrected chi connectivity index (χ1v) is 7.70. The molecule has 126 valence electrons. The summed E-state index contributed by atoms with van der Waals surface area (Å²) >= 11 is 0. The summed E-state index contributed by atoms with van der Waals surface area (Å²) in [6.45, 7) is 3.45. The Labute approximate surface area is 136 Å². The predicted molar refractivity (Wildman–Crippen MR) is 88.0 cm³/mol. The lowest BCUT2D eigenvalue weighted by Crippen LogP contribution is -2.54. The van der Waals surface area contributed by atoms with E-state index in [1.807, 2.05) is 19.1 Å². The molecule has 1 aromatic rings. The van der Waals surface area contributed by atoms with Crippen molar-refractivity contribution in [2.45, 2.75) is 31.4 Å². The van der Waals surface area contributed by atoms with E-state index in [1.54, 1.807) is 19.2 Å². The summed E-state index contributed by atoms with van der Waals surface area (Å²) in [5.41, 5.74) is 5.87. The van der Waals surface area contributed by atoms with Gasteiger partial charge in [0.25, 0.3) is 5.91 Å². The Hall–Kier alpha value is -2.12. The molecule has 1 atom stereocenters. The average molecular weight is 320 g/mol. The normalized spacial score (nSPS) is 18.0. The van der Waals surface area contributed by atoms with Crippen molar-refractivity contribution < 1.29 is 14.3 Å². The molecule has 0 aromatic heterocycles. The average Bonchev–Trinajstić information content (AvgIpc) is 2.55. The van der Waals surface area contributed by atoms with E-state index in [0.717, 1.165) is 18.7 Å². The van der Waals surface area contributed by atoms with Crippen LogP contribution >= 0.6 is 0 Å². The molecule has 0 spiro atoms. The number of benzene rings is 1. The zero-order valence-electron chi connectivity index (χ0n) is 13.5. The number of amides is 3. The number of carbonyl (C=O) groups is 2. The van der Waals surface area contributed by atoms with Crippen LogP contribution in [0.25, 0.3) is 0 Å². The van der Waals surface area contributed by atoms with Crippen LogP contribution in [-0.2, 0) is 9.53 Å². The van der Waals surface area contributed by atoms with Gasteiger partial charge in [-0.3, -0.25) is 4.79 Å². The number of hydrogen-bond donors (Lipinski definition) is 4. The number of primary amides is 1. The molecule has 1 heterocycles. The molecular weight excluding hydrogens is 296 g/mol. The zero-order chi connectivity index (χ0) is 16.9. The molecule has 7 heteroatoms. The number of urea groups is 1. The van der Waals surface area contributed by atoms with Gasteiger partial charge in [0.1, 0.15) is 5.60 Å². The molecule has 0 bridgehead atoms. The Kier molecular flexibility index (Phi) is 5.57. The molecule has 1 fully saturated rings. The second-order valence-electron chi connectivity index (χ2n) is 5.75. The molecule has 23 heavy (non-hydrogen) atoms. The highest BCUT2D eigenvalue weighted by atomic mass is 16.5. The second kappa shape index (κ2) is 7.43. The number of ether oxygens (including phenoxy) is 1. The molecule has 1 unspecified atom stereocenters.